The van der Waals surface area contributed by atoms with E-state index in [1.807, 2.05) is 13.0 Å². The zero-order valence-corrected chi connectivity index (χ0v) is 13.8. The first-order chi connectivity index (χ1) is 11.1. The number of rotatable bonds is 4. The van der Waals surface area contributed by atoms with E-state index in [1.54, 1.807) is 6.07 Å². The second-order valence-corrected chi connectivity index (χ2v) is 6.92. The molecular weight excluding hydrogens is 312 g/mol. The molecule has 0 amide bonds. The summed E-state index contributed by atoms with van der Waals surface area (Å²) in [6, 6.07) is 5.52. The minimum atomic E-state index is -0.333. The van der Waals surface area contributed by atoms with Crippen LogP contribution in [0.3, 0.4) is 0 Å². The third-order valence-electron chi connectivity index (χ3n) is 4.14. The van der Waals surface area contributed by atoms with Crippen LogP contribution in [0.25, 0.3) is 11.0 Å². The molecule has 23 heavy (non-hydrogen) atoms. The van der Waals surface area contributed by atoms with Crippen molar-refractivity contribution in [3.63, 3.8) is 0 Å². The maximum absolute atomic E-state index is 11.8. The van der Waals surface area contributed by atoms with Gasteiger partial charge in [0.05, 0.1) is 0 Å². The zero-order chi connectivity index (χ0) is 16.0. The Morgan fingerprint density at radius 3 is 2.70 bits per heavy atom. The van der Waals surface area contributed by atoms with Gasteiger partial charge in [-0.3, -0.25) is 0 Å². The monoisotopic (exact) mass is 328 g/mol. The molecule has 1 aliphatic carbocycles. The van der Waals surface area contributed by atoms with Crippen molar-refractivity contribution in [3.8, 4) is 0 Å². The second-order valence-electron chi connectivity index (χ2n) is 5.99. The molecule has 0 saturated heterocycles. The lowest BCUT2D eigenvalue weighted by Crippen LogP contribution is -2.00. The topological polar surface area (TPSA) is 69.1 Å². The summed E-state index contributed by atoms with van der Waals surface area (Å²) in [5.41, 5.74) is 3.50. The van der Waals surface area contributed by atoms with E-state index in [-0.39, 0.29) is 5.63 Å². The highest BCUT2D eigenvalue weighted by atomic mass is 32.2. The van der Waals surface area contributed by atoms with Crippen molar-refractivity contribution in [3.05, 3.63) is 51.2 Å². The van der Waals surface area contributed by atoms with E-state index >= 15 is 0 Å². The average molecular weight is 328 g/mol. The van der Waals surface area contributed by atoms with Gasteiger partial charge in [0.2, 0.25) is 5.89 Å². The predicted molar refractivity (Wildman–Crippen MR) is 87.8 cm³/mol. The van der Waals surface area contributed by atoms with Gasteiger partial charge in [-0.05, 0) is 55.5 Å². The molecule has 4 rings (SSSR count). The Morgan fingerprint density at radius 1 is 1.13 bits per heavy atom. The van der Waals surface area contributed by atoms with E-state index in [0.29, 0.717) is 22.5 Å². The third kappa shape index (κ3) is 2.91. The molecule has 2 aromatic heterocycles. The Hall–Kier alpha value is -2.08. The number of thioether (sulfide) groups is 1. The number of fused-ring (bicyclic) bond motifs is 1. The van der Waals surface area contributed by atoms with Gasteiger partial charge in [0, 0.05) is 23.1 Å². The van der Waals surface area contributed by atoms with Crippen LogP contribution in [-0.2, 0) is 5.75 Å². The van der Waals surface area contributed by atoms with Gasteiger partial charge in [0.25, 0.3) is 5.22 Å². The highest BCUT2D eigenvalue weighted by Crippen LogP contribution is 2.40. The molecule has 0 radical (unpaired) electrons. The number of hydrogen-bond donors (Lipinski definition) is 0. The molecule has 1 saturated carbocycles. The van der Waals surface area contributed by atoms with Gasteiger partial charge in [-0.25, -0.2) is 4.79 Å². The van der Waals surface area contributed by atoms with E-state index in [1.165, 1.54) is 17.3 Å². The molecule has 2 heterocycles. The molecule has 5 nitrogen and oxygen atoms in total. The first-order valence-corrected chi connectivity index (χ1v) is 8.59. The maximum Gasteiger partial charge on any atom is 0.336 e. The molecule has 1 fully saturated rings. The molecule has 118 valence electrons. The van der Waals surface area contributed by atoms with E-state index in [0.717, 1.165) is 35.2 Å². The van der Waals surface area contributed by atoms with Gasteiger partial charge < -0.3 is 8.83 Å². The van der Waals surface area contributed by atoms with Crippen LogP contribution in [-0.4, -0.2) is 10.2 Å². The fourth-order valence-electron chi connectivity index (χ4n) is 2.52. The lowest BCUT2D eigenvalue weighted by Gasteiger charge is -2.07. The first kappa shape index (κ1) is 14.5. The van der Waals surface area contributed by atoms with Crippen LogP contribution in [0.1, 0.15) is 41.3 Å². The summed E-state index contributed by atoms with van der Waals surface area (Å²) in [5.74, 6) is 1.78. The number of aromatic nitrogens is 2. The minimum absolute atomic E-state index is 0.333. The Balaban J connectivity index is 1.64. The number of hydrogen-bond acceptors (Lipinski definition) is 6. The molecule has 0 aliphatic heterocycles. The van der Waals surface area contributed by atoms with Crippen LogP contribution in [0.4, 0.5) is 0 Å². The van der Waals surface area contributed by atoms with Crippen molar-refractivity contribution in [1.82, 2.24) is 10.2 Å². The van der Waals surface area contributed by atoms with E-state index < -0.39 is 0 Å². The standard InChI is InChI=1S/C17H16N2O3S/c1-9-5-13-12(7-15(20)21-14(13)6-10(9)2)8-23-17-19-18-16(22-17)11-3-4-11/h5-7,11H,3-4,8H2,1-2H3. The van der Waals surface area contributed by atoms with Crippen LogP contribution < -0.4 is 5.63 Å². The number of nitrogens with zero attached hydrogens (tertiary/aromatic N) is 2. The molecule has 3 aromatic rings. The smallest absolute Gasteiger partial charge is 0.336 e. The molecule has 0 spiro atoms. The molecule has 0 bridgehead atoms. The fraction of sp³-hybridized carbons (Fsp3) is 0.353. The summed E-state index contributed by atoms with van der Waals surface area (Å²) in [7, 11) is 0. The fourth-order valence-corrected chi connectivity index (χ4v) is 3.28. The van der Waals surface area contributed by atoms with Crippen molar-refractivity contribution < 1.29 is 8.83 Å². The van der Waals surface area contributed by atoms with Crippen molar-refractivity contribution in [2.75, 3.05) is 0 Å². The molecule has 0 N–H and O–H groups in total. The van der Waals surface area contributed by atoms with E-state index in [4.69, 9.17) is 8.83 Å². The summed E-state index contributed by atoms with van der Waals surface area (Å²) < 4.78 is 11.0. The molecule has 1 aliphatic rings. The summed E-state index contributed by atoms with van der Waals surface area (Å²) in [6.07, 6.45) is 2.27. The van der Waals surface area contributed by atoms with Crippen LogP contribution in [0.2, 0.25) is 0 Å². The Labute approximate surface area is 137 Å². The van der Waals surface area contributed by atoms with Crippen LogP contribution in [0.15, 0.2) is 37.1 Å². The summed E-state index contributed by atoms with van der Waals surface area (Å²) in [6.45, 7) is 4.06. The zero-order valence-electron chi connectivity index (χ0n) is 13.0. The Morgan fingerprint density at radius 2 is 1.91 bits per heavy atom. The normalized spacial score (nSPS) is 14.5. The van der Waals surface area contributed by atoms with E-state index in [9.17, 15) is 4.79 Å². The van der Waals surface area contributed by atoms with Crippen molar-refractivity contribution >= 4 is 22.7 Å². The quantitative estimate of drug-likeness (QED) is 0.533. The molecule has 6 heteroatoms. The van der Waals surface area contributed by atoms with Crippen molar-refractivity contribution in [2.24, 2.45) is 0 Å². The van der Waals surface area contributed by atoms with Gasteiger partial charge in [-0.1, -0.05) is 11.8 Å². The molecular formula is C17H16N2O3S. The van der Waals surface area contributed by atoms with Gasteiger partial charge >= 0.3 is 5.63 Å². The highest BCUT2D eigenvalue weighted by Gasteiger charge is 2.29. The van der Waals surface area contributed by atoms with Gasteiger partial charge in [-0.15, -0.1) is 10.2 Å². The minimum Gasteiger partial charge on any atom is -0.423 e. The molecule has 1 aromatic carbocycles. The highest BCUT2D eigenvalue weighted by molar-refractivity contribution is 7.98. The molecule has 0 atom stereocenters. The maximum atomic E-state index is 11.8. The van der Waals surface area contributed by atoms with Gasteiger partial charge in [0.15, 0.2) is 0 Å². The second kappa shape index (κ2) is 5.53. The first-order valence-electron chi connectivity index (χ1n) is 7.60. The van der Waals surface area contributed by atoms with E-state index in [2.05, 4.69) is 23.2 Å². The number of aryl methyl sites for hydroxylation is 2. The van der Waals surface area contributed by atoms with Crippen molar-refractivity contribution in [2.45, 2.75) is 43.6 Å². The predicted octanol–water partition coefficient (Wildman–Crippen LogP) is 3.96. The summed E-state index contributed by atoms with van der Waals surface area (Å²) >= 11 is 1.45. The van der Waals surface area contributed by atoms with Crippen molar-refractivity contribution in [1.29, 1.82) is 0 Å². The molecule has 0 unspecified atom stereocenters. The lowest BCUT2D eigenvalue weighted by molar-refractivity contribution is 0.414. The lowest BCUT2D eigenvalue weighted by atomic mass is 10.0. The van der Waals surface area contributed by atoms with Crippen LogP contribution in [0.5, 0.6) is 0 Å². The largest absolute Gasteiger partial charge is 0.423 e. The van der Waals surface area contributed by atoms with Gasteiger partial charge in [-0.2, -0.15) is 0 Å². The number of benzene rings is 1. The summed E-state index contributed by atoms with van der Waals surface area (Å²) in [4.78, 5) is 11.8. The summed E-state index contributed by atoms with van der Waals surface area (Å²) in [5, 5.41) is 9.66. The Bertz CT molecular complexity index is 941. The third-order valence-corrected chi connectivity index (χ3v) is 5.01. The van der Waals surface area contributed by atoms with Crippen LogP contribution >= 0.6 is 11.8 Å². The average Bonchev–Trinajstić information content (AvgIpc) is 3.26. The van der Waals surface area contributed by atoms with Gasteiger partial charge in [0.1, 0.15) is 5.58 Å². The van der Waals surface area contributed by atoms with Crippen LogP contribution in [0, 0.1) is 13.8 Å². The Kier molecular flexibility index (Phi) is 3.49. The SMILES string of the molecule is Cc1cc2oc(=O)cc(CSc3nnc(C4CC4)o3)c2cc1C.